The number of hydrogen-bond acceptors (Lipinski definition) is 3. The first-order valence-corrected chi connectivity index (χ1v) is 4.96. The van der Waals surface area contributed by atoms with Gasteiger partial charge in [0.15, 0.2) is 0 Å². The van der Waals surface area contributed by atoms with Gasteiger partial charge in [0, 0.05) is 6.04 Å². The number of carboxylic acid groups (broad SMARTS) is 1. The van der Waals surface area contributed by atoms with Crippen molar-refractivity contribution in [3.8, 4) is 0 Å². The van der Waals surface area contributed by atoms with Crippen molar-refractivity contribution in [2.45, 2.75) is 45.7 Å². The fourth-order valence-electron chi connectivity index (χ4n) is 0.996. The highest BCUT2D eigenvalue weighted by Gasteiger charge is 2.26. The van der Waals surface area contributed by atoms with Gasteiger partial charge in [-0.3, -0.25) is 9.59 Å². The lowest BCUT2D eigenvalue weighted by molar-refractivity contribution is -0.138. The Morgan fingerprint density at radius 1 is 1.40 bits per heavy atom. The maximum Gasteiger partial charge on any atom is 0.305 e. The van der Waals surface area contributed by atoms with Crippen LogP contribution in [0.25, 0.3) is 0 Å². The topological polar surface area (TPSA) is 92.4 Å². The van der Waals surface area contributed by atoms with Crippen LogP contribution in [0.3, 0.4) is 0 Å². The average Bonchev–Trinajstić information content (AvgIpc) is 1.99. The van der Waals surface area contributed by atoms with Crippen LogP contribution in [0.15, 0.2) is 0 Å². The van der Waals surface area contributed by atoms with E-state index in [0.717, 1.165) is 0 Å². The molecule has 1 unspecified atom stereocenters. The smallest absolute Gasteiger partial charge is 0.305 e. The zero-order valence-corrected chi connectivity index (χ0v) is 9.70. The first kappa shape index (κ1) is 13.9. The molecule has 0 spiro atoms. The van der Waals surface area contributed by atoms with Crippen LogP contribution in [0.2, 0.25) is 0 Å². The zero-order valence-electron chi connectivity index (χ0n) is 9.70. The molecule has 0 aromatic carbocycles. The fraction of sp³-hybridized carbons (Fsp3) is 0.800. The highest BCUT2D eigenvalue weighted by Crippen LogP contribution is 2.08. The number of amides is 1. The molecule has 4 N–H and O–H groups in total. The van der Waals surface area contributed by atoms with Crippen molar-refractivity contribution >= 4 is 11.9 Å². The van der Waals surface area contributed by atoms with Crippen LogP contribution in [-0.2, 0) is 9.59 Å². The Morgan fingerprint density at radius 3 is 2.13 bits per heavy atom. The molecule has 0 fully saturated rings. The van der Waals surface area contributed by atoms with E-state index in [2.05, 4.69) is 5.32 Å². The van der Waals surface area contributed by atoms with E-state index in [1.165, 1.54) is 0 Å². The molecule has 0 aliphatic carbocycles. The van der Waals surface area contributed by atoms with Crippen LogP contribution in [0.4, 0.5) is 0 Å². The van der Waals surface area contributed by atoms with Crippen molar-refractivity contribution in [2.24, 2.45) is 11.7 Å². The molecule has 0 rings (SSSR count). The van der Waals surface area contributed by atoms with Crippen molar-refractivity contribution in [3.05, 3.63) is 0 Å². The normalized spacial score (nSPS) is 13.7. The summed E-state index contributed by atoms with van der Waals surface area (Å²) in [5.41, 5.74) is 4.62. The number of nitrogens with one attached hydrogen (secondary N) is 1. The van der Waals surface area contributed by atoms with Crippen LogP contribution in [0.5, 0.6) is 0 Å². The van der Waals surface area contributed by atoms with Gasteiger partial charge in [-0.1, -0.05) is 13.8 Å². The molecule has 0 aliphatic rings. The molecule has 0 aromatic heterocycles. The molecule has 0 saturated carbocycles. The summed E-state index contributed by atoms with van der Waals surface area (Å²) in [6.07, 6.45) is -0.0838. The van der Waals surface area contributed by atoms with Crippen molar-refractivity contribution in [2.75, 3.05) is 0 Å². The molecule has 0 saturated heterocycles. The highest BCUT2D eigenvalue weighted by atomic mass is 16.4. The predicted molar refractivity (Wildman–Crippen MR) is 57.3 cm³/mol. The lowest BCUT2D eigenvalue weighted by Crippen LogP contribution is -2.53. The Balaban J connectivity index is 4.42. The first-order valence-electron chi connectivity index (χ1n) is 4.96. The molecule has 0 radical (unpaired) electrons. The Hall–Kier alpha value is -1.10. The van der Waals surface area contributed by atoms with E-state index in [1.54, 1.807) is 13.8 Å². The van der Waals surface area contributed by atoms with Crippen LogP contribution < -0.4 is 11.1 Å². The van der Waals surface area contributed by atoms with Gasteiger partial charge < -0.3 is 16.2 Å². The van der Waals surface area contributed by atoms with E-state index in [9.17, 15) is 9.59 Å². The summed E-state index contributed by atoms with van der Waals surface area (Å²) in [6.45, 7) is 6.88. The molecule has 5 nitrogen and oxygen atoms in total. The summed E-state index contributed by atoms with van der Waals surface area (Å²) in [4.78, 5) is 22.1. The minimum atomic E-state index is -0.981. The molecule has 0 heterocycles. The Morgan fingerprint density at radius 2 is 1.87 bits per heavy atom. The quantitative estimate of drug-likeness (QED) is 0.618. The number of hydrogen-bond donors (Lipinski definition) is 3. The summed E-state index contributed by atoms with van der Waals surface area (Å²) in [7, 11) is 0. The van der Waals surface area contributed by atoms with E-state index in [1.807, 2.05) is 13.8 Å². The minimum absolute atomic E-state index is 0.0624. The van der Waals surface area contributed by atoms with Gasteiger partial charge in [-0.2, -0.15) is 0 Å². The second-order valence-corrected chi connectivity index (χ2v) is 4.64. The van der Waals surface area contributed by atoms with E-state index >= 15 is 0 Å². The second-order valence-electron chi connectivity index (χ2n) is 4.64. The van der Waals surface area contributed by atoms with Crippen molar-refractivity contribution in [1.29, 1.82) is 0 Å². The van der Waals surface area contributed by atoms with Crippen LogP contribution in [-0.4, -0.2) is 28.6 Å². The summed E-state index contributed by atoms with van der Waals surface area (Å²) in [5, 5.41) is 11.3. The maximum absolute atomic E-state index is 11.5. The monoisotopic (exact) mass is 216 g/mol. The van der Waals surface area contributed by atoms with Crippen LogP contribution in [0.1, 0.15) is 34.1 Å². The van der Waals surface area contributed by atoms with E-state index in [-0.39, 0.29) is 24.3 Å². The zero-order chi connectivity index (χ0) is 12.2. The van der Waals surface area contributed by atoms with Gasteiger partial charge in [0.2, 0.25) is 5.91 Å². The molecule has 1 atom stereocenters. The molecule has 0 aliphatic heterocycles. The third-order valence-electron chi connectivity index (χ3n) is 2.10. The molecule has 15 heavy (non-hydrogen) atoms. The summed E-state index contributed by atoms with van der Waals surface area (Å²) >= 11 is 0. The average molecular weight is 216 g/mol. The standard InChI is InChI=1S/C10H20N2O3/c1-6(2)7(5-8(13)14)12-9(15)10(3,4)11/h6-7H,5,11H2,1-4H3,(H,12,15)(H,13,14). The summed E-state index contributed by atoms with van der Waals surface area (Å²) in [6, 6.07) is -0.377. The maximum atomic E-state index is 11.5. The van der Waals surface area contributed by atoms with Gasteiger partial charge >= 0.3 is 5.97 Å². The molecule has 0 bridgehead atoms. The SMILES string of the molecule is CC(C)C(CC(=O)O)NC(=O)C(C)(C)N. The number of carbonyl (C=O) groups excluding carboxylic acids is 1. The van der Waals surface area contributed by atoms with Gasteiger partial charge in [0.25, 0.3) is 0 Å². The van der Waals surface area contributed by atoms with Gasteiger partial charge in [-0.05, 0) is 19.8 Å². The van der Waals surface area contributed by atoms with Crippen molar-refractivity contribution in [1.82, 2.24) is 5.32 Å². The Labute approximate surface area is 90.0 Å². The Bertz CT molecular complexity index is 244. The summed E-state index contributed by atoms with van der Waals surface area (Å²) in [5.74, 6) is -1.20. The number of rotatable bonds is 5. The van der Waals surface area contributed by atoms with Gasteiger partial charge in [-0.25, -0.2) is 0 Å². The Kier molecular flexibility index (Phi) is 4.74. The van der Waals surface area contributed by atoms with Gasteiger partial charge in [0.1, 0.15) is 0 Å². The third-order valence-corrected chi connectivity index (χ3v) is 2.10. The predicted octanol–water partition coefficient (Wildman–Crippen LogP) is 0.339. The number of nitrogens with two attached hydrogens (primary N) is 1. The van der Waals surface area contributed by atoms with Crippen molar-refractivity contribution in [3.63, 3.8) is 0 Å². The van der Waals surface area contributed by atoms with E-state index in [0.29, 0.717) is 0 Å². The lowest BCUT2D eigenvalue weighted by atomic mass is 9.98. The van der Waals surface area contributed by atoms with Crippen LogP contribution >= 0.6 is 0 Å². The molecule has 0 aromatic rings. The van der Waals surface area contributed by atoms with Crippen LogP contribution in [0, 0.1) is 5.92 Å². The number of carboxylic acids is 1. The molecule has 5 heteroatoms. The molecular formula is C10H20N2O3. The second kappa shape index (κ2) is 5.11. The highest BCUT2D eigenvalue weighted by molar-refractivity contribution is 5.85. The lowest BCUT2D eigenvalue weighted by Gasteiger charge is -2.25. The fourth-order valence-corrected chi connectivity index (χ4v) is 0.996. The molecule has 88 valence electrons. The molecule has 1 amide bonds. The number of carbonyl (C=O) groups is 2. The van der Waals surface area contributed by atoms with Gasteiger partial charge in [-0.15, -0.1) is 0 Å². The first-order chi connectivity index (χ1) is 6.64. The number of aliphatic carboxylic acids is 1. The largest absolute Gasteiger partial charge is 0.481 e. The minimum Gasteiger partial charge on any atom is -0.481 e. The molecular weight excluding hydrogens is 196 g/mol. The van der Waals surface area contributed by atoms with E-state index < -0.39 is 11.5 Å². The van der Waals surface area contributed by atoms with Gasteiger partial charge in [0.05, 0.1) is 12.0 Å². The van der Waals surface area contributed by atoms with Crippen molar-refractivity contribution < 1.29 is 14.7 Å². The summed E-state index contributed by atoms with van der Waals surface area (Å²) < 4.78 is 0. The van der Waals surface area contributed by atoms with E-state index in [4.69, 9.17) is 10.8 Å². The third kappa shape index (κ3) is 5.37.